The van der Waals surface area contributed by atoms with Crippen molar-refractivity contribution in [3.8, 4) is 0 Å². The van der Waals surface area contributed by atoms with Gasteiger partial charge in [0.1, 0.15) is 16.9 Å². The van der Waals surface area contributed by atoms with Crippen LogP contribution in [-0.4, -0.2) is 22.8 Å². The second-order valence-electron chi connectivity index (χ2n) is 7.60. The summed E-state index contributed by atoms with van der Waals surface area (Å²) in [5, 5.41) is 0.937. The third kappa shape index (κ3) is 2.10. The summed E-state index contributed by atoms with van der Waals surface area (Å²) in [5.74, 6) is 0.842. The molecule has 0 unspecified atom stereocenters. The molecule has 2 aromatic heterocycles. The number of hydrogen-bond donors (Lipinski definition) is 0. The smallest absolute Gasteiger partial charge is 0.316 e. The first-order valence-electron chi connectivity index (χ1n) is 9.47. The third-order valence-electron chi connectivity index (χ3n) is 6.19. The van der Waals surface area contributed by atoms with E-state index in [9.17, 15) is 4.79 Å². The van der Waals surface area contributed by atoms with Gasteiger partial charge in [0.25, 0.3) is 0 Å². The highest BCUT2D eigenvalue weighted by molar-refractivity contribution is 9.10. The Morgan fingerprint density at radius 3 is 2.79 bits per heavy atom. The van der Waals surface area contributed by atoms with Gasteiger partial charge in [-0.25, -0.2) is 0 Å². The van der Waals surface area contributed by atoms with Crippen molar-refractivity contribution in [1.82, 2.24) is 9.55 Å². The average Bonchev–Trinajstić information content (AvgIpc) is 3.10. The number of hydrogen-bond acceptors (Lipinski definition) is 4. The van der Waals surface area contributed by atoms with E-state index < -0.39 is 0 Å². The van der Waals surface area contributed by atoms with Crippen LogP contribution in [0.5, 0.6) is 0 Å². The van der Waals surface area contributed by atoms with E-state index in [0.717, 1.165) is 34.0 Å². The number of fused-ring (bicyclic) bond motifs is 8. The molecule has 5 nitrogen and oxygen atoms in total. The molecule has 6 heteroatoms. The molecule has 1 fully saturated rings. The largest absolute Gasteiger partial charge is 0.449 e. The molecule has 28 heavy (non-hydrogen) atoms. The van der Waals surface area contributed by atoms with Gasteiger partial charge in [0, 0.05) is 29.6 Å². The molecule has 0 radical (unpaired) electrons. The molecule has 1 spiro atoms. The highest BCUT2D eigenvalue weighted by Crippen LogP contribution is 2.46. The molecule has 4 heterocycles. The van der Waals surface area contributed by atoms with Crippen molar-refractivity contribution < 1.29 is 9.15 Å². The Morgan fingerprint density at radius 1 is 1.11 bits per heavy atom. The van der Waals surface area contributed by atoms with Crippen molar-refractivity contribution in [1.29, 1.82) is 0 Å². The second kappa shape index (κ2) is 5.78. The van der Waals surface area contributed by atoms with Gasteiger partial charge >= 0.3 is 5.56 Å². The van der Waals surface area contributed by atoms with E-state index >= 15 is 0 Å². The highest BCUT2D eigenvalue weighted by Gasteiger charge is 2.44. The van der Waals surface area contributed by atoms with Crippen molar-refractivity contribution in [3.05, 3.63) is 74.2 Å². The fourth-order valence-corrected chi connectivity index (χ4v) is 5.29. The van der Waals surface area contributed by atoms with Gasteiger partial charge in [-0.1, -0.05) is 40.2 Å². The summed E-state index contributed by atoms with van der Waals surface area (Å²) in [4.78, 5) is 17.6. The topological polar surface area (TPSA) is 57.3 Å². The van der Waals surface area contributed by atoms with Gasteiger partial charge in [-0.15, -0.1) is 0 Å². The van der Waals surface area contributed by atoms with Crippen LogP contribution in [0.4, 0.5) is 0 Å². The molecular formula is C22H17BrN2O3. The van der Waals surface area contributed by atoms with Crippen LogP contribution >= 0.6 is 15.9 Å². The van der Waals surface area contributed by atoms with E-state index in [4.69, 9.17) is 9.15 Å². The first kappa shape index (κ1) is 16.5. The van der Waals surface area contributed by atoms with Crippen LogP contribution < -0.4 is 5.56 Å². The van der Waals surface area contributed by atoms with Crippen molar-refractivity contribution >= 4 is 38.0 Å². The van der Waals surface area contributed by atoms with Crippen LogP contribution in [0.3, 0.4) is 0 Å². The quantitative estimate of drug-likeness (QED) is 0.410. The number of furan rings is 1. The monoisotopic (exact) mass is 436 g/mol. The Kier molecular flexibility index (Phi) is 3.41. The van der Waals surface area contributed by atoms with Crippen LogP contribution in [0, 0.1) is 0 Å². The maximum Gasteiger partial charge on any atom is 0.316 e. The Hall–Kier alpha value is -2.44. The summed E-state index contributed by atoms with van der Waals surface area (Å²) in [5.41, 5.74) is 3.84. The van der Waals surface area contributed by atoms with E-state index in [-0.39, 0.29) is 11.0 Å². The lowest BCUT2D eigenvalue weighted by Crippen LogP contribution is -2.43. The molecule has 0 atom stereocenters. The normalized spacial score (nSPS) is 17.8. The summed E-state index contributed by atoms with van der Waals surface area (Å²) < 4.78 is 14.8. The van der Waals surface area contributed by atoms with Gasteiger partial charge < -0.3 is 13.7 Å². The fourth-order valence-electron chi connectivity index (χ4n) is 4.93. The van der Waals surface area contributed by atoms with Gasteiger partial charge in [0.05, 0.1) is 5.41 Å². The lowest BCUT2D eigenvalue weighted by Gasteiger charge is -2.42. The van der Waals surface area contributed by atoms with Crippen molar-refractivity contribution in [2.24, 2.45) is 0 Å². The summed E-state index contributed by atoms with van der Waals surface area (Å²) in [6.07, 6.45) is 1.64. The molecule has 2 aliphatic heterocycles. The van der Waals surface area contributed by atoms with Crippen LogP contribution in [0.1, 0.15) is 29.8 Å². The van der Waals surface area contributed by atoms with E-state index in [1.807, 2.05) is 18.2 Å². The number of rotatable bonds is 0. The molecular weight excluding hydrogens is 420 g/mol. The maximum absolute atomic E-state index is 13.0. The minimum absolute atomic E-state index is 0.293. The number of aromatic nitrogens is 2. The predicted molar refractivity (Wildman–Crippen MR) is 110 cm³/mol. The molecule has 0 aliphatic carbocycles. The SMILES string of the molecule is O=c1nc2n(c3c1oc1ccc(Br)cc13)Cc1ccccc1C21CCOCC1. The zero-order valence-electron chi connectivity index (χ0n) is 15.1. The molecule has 0 N–H and O–H groups in total. The van der Waals surface area contributed by atoms with E-state index in [2.05, 4.69) is 49.7 Å². The molecule has 0 amide bonds. The Morgan fingerprint density at radius 2 is 1.93 bits per heavy atom. The lowest BCUT2D eigenvalue weighted by atomic mass is 9.70. The predicted octanol–water partition coefficient (Wildman–Crippen LogP) is 4.36. The Balaban J connectivity index is 1.77. The van der Waals surface area contributed by atoms with Gasteiger partial charge in [0.2, 0.25) is 5.58 Å². The van der Waals surface area contributed by atoms with Gasteiger partial charge in [0.15, 0.2) is 0 Å². The van der Waals surface area contributed by atoms with Crippen LogP contribution in [0.2, 0.25) is 0 Å². The third-order valence-corrected chi connectivity index (χ3v) is 6.68. The summed E-state index contributed by atoms with van der Waals surface area (Å²) >= 11 is 3.55. The zero-order chi connectivity index (χ0) is 18.9. The first-order valence-corrected chi connectivity index (χ1v) is 10.3. The van der Waals surface area contributed by atoms with Crippen molar-refractivity contribution in [2.75, 3.05) is 13.2 Å². The summed E-state index contributed by atoms with van der Waals surface area (Å²) in [6, 6.07) is 14.4. The molecule has 1 saturated heterocycles. The first-order chi connectivity index (χ1) is 13.7. The van der Waals surface area contributed by atoms with Gasteiger partial charge in [-0.3, -0.25) is 4.79 Å². The molecule has 0 bridgehead atoms. The standard InChI is InChI=1S/C22H17BrN2O3/c23-14-5-6-17-15(11-14)18-19(28-17)20(26)24-21-22(7-9-27-10-8-22)16-4-2-1-3-13(16)12-25(18)21/h1-6,11H,7-10,12H2. The summed E-state index contributed by atoms with van der Waals surface area (Å²) in [6.45, 7) is 2.01. The highest BCUT2D eigenvalue weighted by atomic mass is 79.9. The maximum atomic E-state index is 13.0. The van der Waals surface area contributed by atoms with Gasteiger partial charge in [-0.05, 0) is 42.2 Å². The molecule has 2 aromatic carbocycles. The fraction of sp³-hybridized carbons (Fsp3) is 0.273. The van der Waals surface area contributed by atoms with E-state index in [1.165, 1.54) is 11.1 Å². The van der Waals surface area contributed by atoms with Crippen LogP contribution in [-0.2, 0) is 16.7 Å². The van der Waals surface area contributed by atoms with Crippen LogP contribution in [0.15, 0.2) is 56.1 Å². The number of ether oxygens (including phenoxy) is 1. The number of nitrogens with zero attached hydrogens (tertiary/aromatic N) is 2. The second-order valence-corrected chi connectivity index (χ2v) is 8.51. The van der Waals surface area contributed by atoms with Gasteiger partial charge in [-0.2, -0.15) is 4.98 Å². The van der Waals surface area contributed by atoms with E-state index in [0.29, 0.717) is 30.9 Å². The minimum Gasteiger partial charge on any atom is -0.449 e. The van der Waals surface area contributed by atoms with Crippen molar-refractivity contribution in [3.63, 3.8) is 0 Å². The molecule has 6 rings (SSSR count). The molecule has 140 valence electrons. The minimum atomic E-state index is -0.296. The number of benzene rings is 2. The zero-order valence-corrected chi connectivity index (χ0v) is 16.7. The molecule has 4 aromatic rings. The lowest BCUT2D eigenvalue weighted by molar-refractivity contribution is 0.0575. The van der Waals surface area contributed by atoms with Crippen LogP contribution in [0.25, 0.3) is 22.1 Å². The van der Waals surface area contributed by atoms with Crippen molar-refractivity contribution in [2.45, 2.75) is 24.8 Å². The Labute approximate surface area is 169 Å². The number of halogens is 1. The average molecular weight is 437 g/mol. The molecule has 2 aliphatic rings. The molecule has 0 saturated carbocycles. The van der Waals surface area contributed by atoms with E-state index in [1.54, 1.807) is 0 Å². The summed E-state index contributed by atoms with van der Waals surface area (Å²) in [7, 11) is 0. The Bertz CT molecular complexity index is 1310.